The smallest absolute Gasteiger partial charge is 0.509 e. The normalized spacial score (nSPS) is 16.9. The maximum absolute atomic E-state index is 4.79. The first kappa shape index (κ1) is 6.94. The fourth-order valence-corrected chi connectivity index (χ4v) is 0.379. The van der Waals surface area contributed by atoms with E-state index in [0.29, 0.717) is 5.90 Å². The van der Waals surface area contributed by atoms with E-state index >= 15 is 0 Å². The number of rotatable bonds is 0. The molecule has 0 aromatic rings. The van der Waals surface area contributed by atoms with Crippen molar-refractivity contribution in [3.8, 4) is 0 Å². The zero-order valence-electron chi connectivity index (χ0n) is 4.48. The SMILES string of the molecule is [CH2-]C1=NCCO1.[Li+]. The van der Waals surface area contributed by atoms with Crippen molar-refractivity contribution in [3.05, 3.63) is 6.92 Å². The van der Waals surface area contributed by atoms with Crippen LogP contribution in [0.4, 0.5) is 0 Å². The van der Waals surface area contributed by atoms with Crippen LogP contribution >= 0.6 is 0 Å². The van der Waals surface area contributed by atoms with E-state index in [1.807, 2.05) is 0 Å². The molecule has 3 heteroatoms. The van der Waals surface area contributed by atoms with E-state index < -0.39 is 0 Å². The molecule has 1 rings (SSSR count). The molecule has 0 N–H and O–H groups in total. The molecule has 0 saturated heterocycles. The summed E-state index contributed by atoms with van der Waals surface area (Å²) in [6.07, 6.45) is 0. The van der Waals surface area contributed by atoms with Gasteiger partial charge in [-0.1, -0.05) is 0 Å². The van der Waals surface area contributed by atoms with Gasteiger partial charge in [-0.3, -0.25) is 4.99 Å². The molecule has 34 valence electrons. The van der Waals surface area contributed by atoms with E-state index in [1.54, 1.807) is 0 Å². The fourth-order valence-electron chi connectivity index (χ4n) is 0.379. The third-order valence-corrected chi connectivity index (χ3v) is 0.648. The molecule has 0 saturated carbocycles. The molecule has 2 nitrogen and oxygen atoms in total. The summed E-state index contributed by atoms with van der Waals surface area (Å²) in [4.78, 5) is 3.82. The van der Waals surface area contributed by atoms with Gasteiger partial charge in [0.2, 0.25) is 0 Å². The van der Waals surface area contributed by atoms with Crippen LogP contribution in [0.25, 0.3) is 0 Å². The van der Waals surface area contributed by atoms with Crippen LogP contribution < -0.4 is 18.9 Å². The summed E-state index contributed by atoms with van der Waals surface area (Å²) in [6, 6.07) is 0. The van der Waals surface area contributed by atoms with Gasteiger partial charge in [-0.15, -0.1) is 0 Å². The van der Waals surface area contributed by atoms with Gasteiger partial charge in [0.1, 0.15) is 6.61 Å². The van der Waals surface area contributed by atoms with Crippen molar-refractivity contribution in [1.82, 2.24) is 0 Å². The third kappa shape index (κ3) is 1.91. The number of hydrogen-bond donors (Lipinski definition) is 0. The fraction of sp³-hybridized carbons (Fsp3) is 0.500. The van der Waals surface area contributed by atoms with E-state index in [1.165, 1.54) is 0 Å². The van der Waals surface area contributed by atoms with Gasteiger partial charge >= 0.3 is 18.9 Å². The van der Waals surface area contributed by atoms with Gasteiger partial charge in [0.25, 0.3) is 0 Å². The van der Waals surface area contributed by atoms with Gasteiger partial charge in [-0.05, 0) is 0 Å². The van der Waals surface area contributed by atoms with Gasteiger partial charge in [0.05, 0.1) is 6.54 Å². The monoisotopic (exact) mass is 91.1 g/mol. The van der Waals surface area contributed by atoms with E-state index in [4.69, 9.17) is 4.74 Å². The van der Waals surface area contributed by atoms with Crippen LogP contribution in [-0.2, 0) is 4.74 Å². The van der Waals surface area contributed by atoms with Crippen LogP contribution in [0.1, 0.15) is 0 Å². The zero-order valence-corrected chi connectivity index (χ0v) is 4.48. The summed E-state index contributed by atoms with van der Waals surface area (Å²) in [5.41, 5.74) is 0. The van der Waals surface area contributed by atoms with Crippen molar-refractivity contribution in [3.63, 3.8) is 0 Å². The molecule has 0 atom stereocenters. The number of aliphatic imine (C=N–C) groups is 1. The average molecular weight is 91.0 g/mol. The molecule has 1 aliphatic rings. The molecule has 0 unspecified atom stereocenters. The van der Waals surface area contributed by atoms with Crippen LogP contribution in [-0.4, -0.2) is 19.0 Å². The molecule has 0 aromatic heterocycles. The van der Waals surface area contributed by atoms with Crippen molar-refractivity contribution >= 4 is 5.90 Å². The topological polar surface area (TPSA) is 21.6 Å². The van der Waals surface area contributed by atoms with Crippen LogP contribution in [0.2, 0.25) is 0 Å². The maximum atomic E-state index is 4.79. The Morgan fingerprint density at radius 1 is 1.71 bits per heavy atom. The molecule has 0 amide bonds. The second-order valence-corrected chi connectivity index (χ2v) is 1.12. The molecule has 1 heterocycles. The minimum absolute atomic E-state index is 0. The van der Waals surface area contributed by atoms with Crippen molar-refractivity contribution in [1.29, 1.82) is 0 Å². The molecular formula is C4H6LiNO. The first-order valence-corrected chi connectivity index (χ1v) is 1.89. The second-order valence-electron chi connectivity index (χ2n) is 1.12. The van der Waals surface area contributed by atoms with E-state index in [2.05, 4.69) is 11.9 Å². The Hall–Kier alpha value is -0.0626. The molecule has 0 aliphatic carbocycles. The Balaban J connectivity index is 0.000000360. The maximum Gasteiger partial charge on any atom is 1.00 e. The predicted molar refractivity (Wildman–Crippen MR) is 23.6 cm³/mol. The molecule has 0 bridgehead atoms. The number of hydrogen-bond acceptors (Lipinski definition) is 2. The standard InChI is InChI=1S/C4H6NO.Li/c1-4-5-2-3-6-4;/h1-3H2;/q-1;+1. The van der Waals surface area contributed by atoms with Crippen molar-refractivity contribution in [2.24, 2.45) is 4.99 Å². The Labute approximate surface area is 55.1 Å². The Morgan fingerprint density at radius 2 is 2.43 bits per heavy atom. The largest absolute Gasteiger partial charge is 1.00 e. The number of nitrogens with zero attached hydrogens (tertiary/aromatic N) is 1. The van der Waals surface area contributed by atoms with Crippen LogP contribution in [0.15, 0.2) is 4.99 Å². The van der Waals surface area contributed by atoms with Crippen molar-refractivity contribution in [2.75, 3.05) is 13.2 Å². The summed E-state index contributed by atoms with van der Waals surface area (Å²) < 4.78 is 4.79. The van der Waals surface area contributed by atoms with Gasteiger partial charge in [0.15, 0.2) is 0 Å². The Morgan fingerprint density at radius 3 is 2.57 bits per heavy atom. The van der Waals surface area contributed by atoms with Gasteiger partial charge in [-0.2, -0.15) is 0 Å². The van der Waals surface area contributed by atoms with Gasteiger partial charge in [-0.25, -0.2) is 0 Å². The van der Waals surface area contributed by atoms with Crippen LogP contribution in [0, 0.1) is 6.92 Å². The third-order valence-electron chi connectivity index (χ3n) is 0.648. The Kier molecular flexibility index (Phi) is 2.98. The quantitative estimate of drug-likeness (QED) is 0.234. The summed E-state index contributed by atoms with van der Waals surface area (Å²) in [5, 5.41) is 0. The van der Waals surface area contributed by atoms with E-state index in [9.17, 15) is 0 Å². The summed E-state index contributed by atoms with van der Waals surface area (Å²) in [7, 11) is 0. The second kappa shape index (κ2) is 3.01. The first-order chi connectivity index (χ1) is 2.89. The summed E-state index contributed by atoms with van der Waals surface area (Å²) in [5.74, 6) is 0.579. The van der Waals surface area contributed by atoms with E-state index in [-0.39, 0.29) is 18.9 Å². The van der Waals surface area contributed by atoms with E-state index in [0.717, 1.165) is 13.2 Å². The molecule has 0 fully saturated rings. The predicted octanol–water partition coefficient (Wildman–Crippen LogP) is -2.75. The molecule has 7 heavy (non-hydrogen) atoms. The number of ether oxygens (including phenoxy) is 1. The molecule has 0 radical (unpaired) electrons. The Bertz CT molecular complexity index is 81.8. The summed E-state index contributed by atoms with van der Waals surface area (Å²) in [6.45, 7) is 4.98. The van der Waals surface area contributed by atoms with Crippen molar-refractivity contribution in [2.45, 2.75) is 0 Å². The van der Waals surface area contributed by atoms with Crippen LogP contribution in [0.5, 0.6) is 0 Å². The minimum Gasteiger partial charge on any atom is -0.509 e. The first-order valence-electron chi connectivity index (χ1n) is 1.89. The van der Waals surface area contributed by atoms with Gasteiger partial charge in [0, 0.05) is 5.90 Å². The van der Waals surface area contributed by atoms with Crippen molar-refractivity contribution < 1.29 is 23.6 Å². The molecule has 0 aromatic carbocycles. The van der Waals surface area contributed by atoms with Crippen LogP contribution in [0.3, 0.4) is 0 Å². The minimum atomic E-state index is 0. The molecule has 0 spiro atoms. The molecular weight excluding hydrogens is 85.0 g/mol. The average Bonchev–Trinajstić information content (AvgIpc) is 1.86. The van der Waals surface area contributed by atoms with Gasteiger partial charge < -0.3 is 11.7 Å². The molecule has 1 aliphatic heterocycles. The zero-order chi connectivity index (χ0) is 4.41. The summed E-state index contributed by atoms with van der Waals surface area (Å²) >= 11 is 0.